The van der Waals surface area contributed by atoms with Crippen LogP contribution in [0.3, 0.4) is 0 Å². The number of hydrogen-bond acceptors (Lipinski definition) is 4. The number of rotatable bonds is 2. The Hall–Kier alpha value is -1.59. The molecule has 2 aliphatic rings. The van der Waals surface area contributed by atoms with Gasteiger partial charge in [-0.25, -0.2) is 0 Å². The van der Waals surface area contributed by atoms with Gasteiger partial charge in [-0.15, -0.1) is 0 Å². The molecule has 1 aromatic carbocycles. The summed E-state index contributed by atoms with van der Waals surface area (Å²) < 4.78 is 5.38. The first-order valence-corrected chi connectivity index (χ1v) is 6.09. The molecule has 1 saturated carbocycles. The summed E-state index contributed by atoms with van der Waals surface area (Å²) in [5.41, 5.74) is 13.8. The highest BCUT2D eigenvalue weighted by molar-refractivity contribution is 5.97. The van der Waals surface area contributed by atoms with Crippen molar-refractivity contribution in [1.29, 1.82) is 0 Å². The highest BCUT2D eigenvalue weighted by atomic mass is 16.5. The van der Waals surface area contributed by atoms with E-state index in [1.165, 1.54) is 0 Å². The van der Waals surface area contributed by atoms with E-state index in [1.807, 2.05) is 18.2 Å². The van der Waals surface area contributed by atoms with E-state index in [4.69, 9.17) is 16.2 Å². The Bertz CT molecular complexity index is 511. The molecule has 1 amide bonds. The number of ether oxygens (including phenoxy) is 1. The summed E-state index contributed by atoms with van der Waals surface area (Å²) >= 11 is 0. The lowest BCUT2D eigenvalue weighted by molar-refractivity contribution is -0.120. The summed E-state index contributed by atoms with van der Waals surface area (Å²) in [6.07, 6.45) is 1.91. The first kappa shape index (κ1) is 11.5. The zero-order valence-corrected chi connectivity index (χ0v) is 10.3. The fraction of sp³-hybridized carbons (Fsp3) is 0.462. The zero-order valence-electron chi connectivity index (χ0n) is 10.3. The second-order valence-electron chi connectivity index (χ2n) is 5.18. The Balaban J connectivity index is 1.97. The Morgan fingerprint density at radius 1 is 1.44 bits per heavy atom. The summed E-state index contributed by atoms with van der Waals surface area (Å²) in [4.78, 5) is 13.2. The number of nitrogens with two attached hydrogens (primary N) is 2. The highest BCUT2D eigenvalue weighted by Gasteiger charge is 2.44. The van der Waals surface area contributed by atoms with Gasteiger partial charge in [-0.2, -0.15) is 0 Å². The Morgan fingerprint density at radius 3 is 2.83 bits per heavy atom. The number of anilines is 1. The molecule has 1 fully saturated rings. The third-order valence-electron chi connectivity index (χ3n) is 3.88. The summed E-state index contributed by atoms with van der Waals surface area (Å²) in [6, 6.07) is 5.51. The average molecular weight is 247 g/mol. The van der Waals surface area contributed by atoms with Crippen LogP contribution in [0.5, 0.6) is 5.75 Å². The Labute approximate surface area is 106 Å². The second-order valence-corrected chi connectivity index (χ2v) is 5.18. The van der Waals surface area contributed by atoms with Crippen LogP contribution in [0.4, 0.5) is 5.69 Å². The maximum absolute atomic E-state index is 11.6. The third-order valence-corrected chi connectivity index (χ3v) is 3.88. The number of nitrogens with zero attached hydrogens (tertiary/aromatic N) is 1. The molecule has 18 heavy (non-hydrogen) atoms. The standard InChI is InChI=1S/C13H17N3O2/c1-16-9-6-8(12(14)13(15)4-5-13)2-3-10(9)18-7-11(16)17/h2-3,6,12H,4-5,7,14-15H2,1H3. The molecular weight excluding hydrogens is 230 g/mol. The number of amides is 1. The van der Waals surface area contributed by atoms with Crippen LogP contribution in [0.15, 0.2) is 18.2 Å². The van der Waals surface area contributed by atoms with Crippen LogP contribution in [-0.2, 0) is 4.79 Å². The largest absolute Gasteiger partial charge is 0.482 e. The molecule has 0 radical (unpaired) electrons. The number of fused-ring (bicyclic) bond motifs is 1. The van der Waals surface area contributed by atoms with Gasteiger partial charge in [0.05, 0.1) is 5.69 Å². The van der Waals surface area contributed by atoms with Crippen LogP contribution >= 0.6 is 0 Å². The molecule has 0 bridgehead atoms. The van der Waals surface area contributed by atoms with E-state index in [0.717, 1.165) is 29.8 Å². The molecule has 0 spiro atoms. The topological polar surface area (TPSA) is 81.6 Å². The van der Waals surface area contributed by atoms with Crippen molar-refractivity contribution in [3.05, 3.63) is 23.8 Å². The fourth-order valence-electron chi connectivity index (χ4n) is 2.27. The minimum absolute atomic E-state index is 0.0536. The van der Waals surface area contributed by atoms with E-state index in [-0.39, 0.29) is 24.1 Å². The lowest BCUT2D eigenvalue weighted by Crippen LogP contribution is -2.38. The van der Waals surface area contributed by atoms with Crippen molar-refractivity contribution in [1.82, 2.24) is 0 Å². The molecule has 0 saturated heterocycles. The lowest BCUT2D eigenvalue weighted by atomic mass is 9.98. The van der Waals surface area contributed by atoms with Gasteiger partial charge in [0.15, 0.2) is 6.61 Å². The van der Waals surface area contributed by atoms with E-state index in [9.17, 15) is 4.79 Å². The van der Waals surface area contributed by atoms with Gasteiger partial charge < -0.3 is 21.1 Å². The van der Waals surface area contributed by atoms with Crippen molar-refractivity contribution in [2.24, 2.45) is 11.5 Å². The van der Waals surface area contributed by atoms with Crippen molar-refractivity contribution >= 4 is 11.6 Å². The number of likely N-dealkylation sites (N-methyl/N-ethyl adjacent to an activating group) is 1. The molecule has 4 N–H and O–H groups in total. The average Bonchev–Trinajstić information content (AvgIpc) is 3.12. The molecule has 96 valence electrons. The predicted octanol–water partition coefficient (Wildman–Crippen LogP) is 0.533. The molecule has 5 heteroatoms. The normalized spacial score (nSPS) is 22.2. The van der Waals surface area contributed by atoms with E-state index in [2.05, 4.69) is 0 Å². The first-order chi connectivity index (χ1) is 8.51. The van der Waals surface area contributed by atoms with E-state index >= 15 is 0 Å². The monoisotopic (exact) mass is 247 g/mol. The molecular formula is C13H17N3O2. The fourth-order valence-corrected chi connectivity index (χ4v) is 2.27. The van der Waals surface area contributed by atoms with Gasteiger partial charge in [0, 0.05) is 18.6 Å². The summed E-state index contributed by atoms with van der Waals surface area (Å²) in [5, 5.41) is 0. The highest BCUT2D eigenvalue weighted by Crippen LogP contribution is 2.43. The van der Waals surface area contributed by atoms with E-state index in [0.29, 0.717) is 0 Å². The molecule has 1 aliphatic heterocycles. The van der Waals surface area contributed by atoms with Gasteiger partial charge in [0.25, 0.3) is 5.91 Å². The van der Waals surface area contributed by atoms with E-state index < -0.39 is 0 Å². The molecule has 1 unspecified atom stereocenters. The van der Waals surface area contributed by atoms with E-state index in [1.54, 1.807) is 11.9 Å². The molecule has 0 aromatic heterocycles. The van der Waals surface area contributed by atoms with Gasteiger partial charge in [-0.1, -0.05) is 6.07 Å². The SMILES string of the molecule is CN1C(=O)COc2ccc(C(N)C3(N)CC3)cc21. The van der Waals surface area contributed by atoms with Gasteiger partial charge in [0.1, 0.15) is 5.75 Å². The first-order valence-electron chi connectivity index (χ1n) is 6.09. The molecule has 1 heterocycles. The smallest absolute Gasteiger partial charge is 0.264 e. The summed E-state index contributed by atoms with van der Waals surface area (Å²) in [5.74, 6) is 0.664. The van der Waals surface area contributed by atoms with Crippen LogP contribution in [0.25, 0.3) is 0 Å². The maximum atomic E-state index is 11.6. The number of benzene rings is 1. The minimum Gasteiger partial charge on any atom is -0.482 e. The molecule has 1 atom stereocenters. The van der Waals surface area contributed by atoms with Crippen molar-refractivity contribution in [3.63, 3.8) is 0 Å². The lowest BCUT2D eigenvalue weighted by Gasteiger charge is -2.28. The quantitative estimate of drug-likeness (QED) is 0.799. The second kappa shape index (κ2) is 3.70. The minimum atomic E-state index is -0.271. The summed E-state index contributed by atoms with van der Waals surface area (Å²) in [6.45, 7) is 0.0930. The zero-order chi connectivity index (χ0) is 12.9. The van der Waals surface area contributed by atoms with Crippen molar-refractivity contribution in [2.45, 2.75) is 24.4 Å². The molecule has 5 nitrogen and oxygen atoms in total. The van der Waals surface area contributed by atoms with Crippen LogP contribution < -0.4 is 21.1 Å². The number of carbonyl (C=O) groups is 1. The van der Waals surface area contributed by atoms with Crippen molar-refractivity contribution in [3.8, 4) is 5.75 Å². The van der Waals surface area contributed by atoms with Gasteiger partial charge in [-0.3, -0.25) is 4.79 Å². The maximum Gasteiger partial charge on any atom is 0.264 e. The number of hydrogen-bond donors (Lipinski definition) is 2. The van der Waals surface area contributed by atoms with Crippen LogP contribution in [0.2, 0.25) is 0 Å². The molecule has 1 aliphatic carbocycles. The van der Waals surface area contributed by atoms with Gasteiger partial charge >= 0.3 is 0 Å². The molecule has 1 aromatic rings. The Morgan fingerprint density at radius 2 is 2.17 bits per heavy atom. The molecule has 3 rings (SSSR count). The van der Waals surface area contributed by atoms with Crippen molar-refractivity contribution in [2.75, 3.05) is 18.6 Å². The Kier molecular flexibility index (Phi) is 2.36. The third kappa shape index (κ3) is 1.67. The van der Waals surface area contributed by atoms with Crippen molar-refractivity contribution < 1.29 is 9.53 Å². The number of carbonyl (C=O) groups excluding carboxylic acids is 1. The van der Waals surface area contributed by atoms with Crippen LogP contribution in [0.1, 0.15) is 24.4 Å². The van der Waals surface area contributed by atoms with Gasteiger partial charge in [0.2, 0.25) is 0 Å². The predicted molar refractivity (Wildman–Crippen MR) is 68.4 cm³/mol. The summed E-state index contributed by atoms with van der Waals surface area (Å²) in [7, 11) is 1.74. The van der Waals surface area contributed by atoms with Crippen LogP contribution in [-0.4, -0.2) is 25.1 Å². The van der Waals surface area contributed by atoms with Crippen LogP contribution in [0, 0.1) is 0 Å². The van der Waals surface area contributed by atoms with Gasteiger partial charge in [-0.05, 0) is 30.5 Å².